The third-order valence-electron chi connectivity index (χ3n) is 8.55. The van der Waals surface area contributed by atoms with E-state index in [0.29, 0.717) is 43.9 Å². The van der Waals surface area contributed by atoms with Gasteiger partial charge in [0.2, 0.25) is 0 Å². The molecule has 1 atom stereocenters. The number of rotatable bonds is 8. The first-order chi connectivity index (χ1) is 20.1. The first-order valence-electron chi connectivity index (χ1n) is 14.4. The smallest absolute Gasteiger partial charge is 0.318 e. The molecule has 3 aromatic rings. The molecular weight excluding hydrogens is 523 g/mol. The van der Waals surface area contributed by atoms with E-state index < -0.39 is 0 Å². The molecular formula is C31H37FN6O3. The fourth-order valence-electron chi connectivity index (χ4n) is 6.24. The average Bonchev–Trinajstić information content (AvgIpc) is 3.42. The van der Waals surface area contributed by atoms with E-state index in [0.717, 1.165) is 73.3 Å². The van der Waals surface area contributed by atoms with Gasteiger partial charge < -0.3 is 29.1 Å². The van der Waals surface area contributed by atoms with Gasteiger partial charge in [0.05, 0.1) is 25.0 Å². The van der Waals surface area contributed by atoms with Gasteiger partial charge in [-0.05, 0) is 50.4 Å². The van der Waals surface area contributed by atoms with Crippen LogP contribution in [-0.4, -0.2) is 92.1 Å². The number of hydrogen-bond acceptors (Lipinski definition) is 9. The quantitative estimate of drug-likeness (QED) is 0.303. The Balaban J connectivity index is 1.33. The molecule has 2 saturated heterocycles. The average molecular weight is 561 g/mol. The van der Waals surface area contributed by atoms with E-state index in [2.05, 4.69) is 26.6 Å². The molecule has 0 amide bonds. The van der Waals surface area contributed by atoms with Gasteiger partial charge >= 0.3 is 6.01 Å². The van der Waals surface area contributed by atoms with E-state index in [1.54, 1.807) is 6.07 Å². The topological polar surface area (TPSA) is 74.3 Å². The highest BCUT2D eigenvalue weighted by Crippen LogP contribution is 2.39. The van der Waals surface area contributed by atoms with Crippen LogP contribution in [0.25, 0.3) is 10.8 Å². The number of methoxy groups -OCH3 is 1. The minimum atomic E-state index is -0.357. The number of carbonyl (C=O) groups excluding carboxylic acids is 1. The summed E-state index contributed by atoms with van der Waals surface area (Å²) in [6, 6.07) is 10.3. The number of anilines is 2. The molecule has 10 heteroatoms. The number of halogens is 1. The van der Waals surface area contributed by atoms with Crippen LogP contribution in [-0.2, 0) is 17.8 Å². The van der Waals surface area contributed by atoms with Crippen LogP contribution in [0.3, 0.4) is 0 Å². The van der Waals surface area contributed by atoms with Crippen LogP contribution >= 0.6 is 0 Å². The normalized spacial score (nSPS) is 19.7. The SMILES string of the molecule is COc1cc2ccccc2c(N2CCc3c(nc(OC[C@H]4CCCN4C)nc3N3CCN(C=CC=O)CC3)C2)c1F. The number of benzene rings is 2. The molecule has 0 aliphatic carbocycles. The van der Waals surface area contributed by atoms with Gasteiger partial charge in [-0.1, -0.05) is 24.3 Å². The van der Waals surface area contributed by atoms with Crippen LogP contribution in [0.1, 0.15) is 24.1 Å². The van der Waals surface area contributed by atoms with Gasteiger partial charge in [-0.15, -0.1) is 0 Å². The number of likely N-dealkylation sites (N-methyl/N-ethyl adjacent to an activating group) is 1. The molecule has 4 heterocycles. The summed E-state index contributed by atoms with van der Waals surface area (Å²) in [6.07, 6.45) is 7.13. The summed E-state index contributed by atoms with van der Waals surface area (Å²) in [5, 5.41) is 1.78. The molecule has 9 nitrogen and oxygen atoms in total. The molecule has 41 heavy (non-hydrogen) atoms. The van der Waals surface area contributed by atoms with Gasteiger partial charge in [-0.2, -0.15) is 9.97 Å². The molecule has 0 saturated carbocycles. The molecule has 0 N–H and O–H groups in total. The van der Waals surface area contributed by atoms with Gasteiger partial charge in [0.1, 0.15) is 18.7 Å². The molecule has 2 aromatic carbocycles. The maximum Gasteiger partial charge on any atom is 0.318 e. The number of nitrogens with zero attached hydrogens (tertiary/aromatic N) is 6. The summed E-state index contributed by atoms with van der Waals surface area (Å²) in [7, 11) is 3.63. The Labute approximate surface area is 240 Å². The van der Waals surface area contributed by atoms with E-state index in [9.17, 15) is 4.79 Å². The predicted octanol–water partition coefficient (Wildman–Crippen LogP) is 3.65. The van der Waals surface area contributed by atoms with E-state index in [-0.39, 0.29) is 11.6 Å². The number of ether oxygens (including phenoxy) is 2. The van der Waals surface area contributed by atoms with Gasteiger partial charge in [0.25, 0.3) is 0 Å². The maximum absolute atomic E-state index is 15.8. The third kappa shape index (κ3) is 5.53. The first-order valence-corrected chi connectivity index (χ1v) is 14.4. The van der Waals surface area contributed by atoms with Gasteiger partial charge in [-0.3, -0.25) is 4.79 Å². The molecule has 2 fully saturated rings. The van der Waals surface area contributed by atoms with Crippen molar-refractivity contribution in [3.8, 4) is 11.8 Å². The van der Waals surface area contributed by atoms with Crippen molar-refractivity contribution in [3.05, 3.63) is 59.7 Å². The lowest BCUT2D eigenvalue weighted by Gasteiger charge is -2.38. The Morgan fingerprint density at radius 1 is 1.07 bits per heavy atom. The van der Waals surface area contributed by atoms with E-state index in [1.165, 1.54) is 19.6 Å². The second-order valence-corrected chi connectivity index (χ2v) is 11.0. The standard InChI is InChI=1S/C31H37FN6O3/c1-35-11-5-8-23(35)21-41-31-33-26-20-38(29-24-9-4-3-7-22(24)19-27(40-2)28(29)32)13-10-25(26)30(34-31)37-16-14-36(15-17-37)12-6-18-39/h3-4,6-7,9,12,18-19,23H,5,8,10-11,13-17,20-21H2,1-2H3/t23-/m1/s1. The summed E-state index contributed by atoms with van der Waals surface area (Å²) < 4.78 is 27.4. The third-order valence-corrected chi connectivity index (χ3v) is 8.55. The highest BCUT2D eigenvalue weighted by atomic mass is 19.1. The highest BCUT2D eigenvalue weighted by Gasteiger charge is 2.30. The summed E-state index contributed by atoms with van der Waals surface area (Å²) in [6.45, 7) is 5.82. The Hall–Kier alpha value is -3.92. The van der Waals surface area contributed by atoms with Crippen molar-refractivity contribution in [3.63, 3.8) is 0 Å². The molecule has 0 spiro atoms. The summed E-state index contributed by atoms with van der Waals surface area (Å²) >= 11 is 0. The van der Waals surface area contributed by atoms with Gasteiger partial charge in [0, 0.05) is 55.9 Å². The van der Waals surface area contributed by atoms with Crippen molar-refractivity contribution in [2.45, 2.75) is 31.8 Å². The number of aromatic nitrogens is 2. The zero-order valence-corrected chi connectivity index (χ0v) is 23.8. The van der Waals surface area contributed by atoms with E-state index in [4.69, 9.17) is 19.4 Å². The molecule has 3 aliphatic heterocycles. The number of hydrogen-bond donors (Lipinski definition) is 0. The Bertz CT molecular complexity index is 1440. The van der Waals surface area contributed by atoms with Crippen molar-refractivity contribution in [1.82, 2.24) is 19.8 Å². The van der Waals surface area contributed by atoms with Gasteiger partial charge in [-0.25, -0.2) is 4.39 Å². The largest absolute Gasteiger partial charge is 0.494 e. The van der Waals surface area contributed by atoms with Crippen molar-refractivity contribution in [2.75, 3.05) is 69.8 Å². The van der Waals surface area contributed by atoms with Crippen LogP contribution in [0.4, 0.5) is 15.9 Å². The predicted molar refractivity (Wildman–Crippen MR) is 157 cm³/mol. The lowest BCUT2D eigenvalue weighted by molar-refractivity contribution is -0.104. The monoisotopic (exact) mass is 560 g/mol. The van der Waals surface area contributed by atoms with Gasteiger partial charge in [0.15, 0.2) is 11.6 Å². The number of allylic oxidation sites excluding steroid dienone is 1. The molecule has 0 radical (unpaired) electrons. The lowest BCUT2D eigenvalue weighted by Crippen LogP contribution is -2.45. The second kappa shape index (κ2) is 11.9. The number of fused-ring (bicyclic) bond motifs is 2. The first kappa shape index (κ1) is 27.3. The van der Waals surface area contributed by atoms with Crippen LogP contribution in [0.15, 0.2) is 42.6 Å². The van der Waals surface area contributed by atoms with Crippen LogP contribution in [0.5, 0.6) is 11.8 Å². The molecule has 216 valence electrons. The van der Waals surface area contributed by atoms with Crippen LogP contribution < -0.4 is 19.3 Å². The second-order valence-electron chi connectivity index (χ2n) is 11.0. The summed E-state index contributed by atoms with van der Waals surface area (Å²) in [5.41, 5.74) is 2.50. The lowest BCUT2D eigenvalue weighted by atomic mass is 10.0. The van der Waals surface area contributed by atoms with Crippen molar-refractivity contribution < 1.29 is 18.7 Å². The number of aldehydes is 1. The molecule has 6 rings (SSSR count). The number of carbonyl (C=O) groups is 1. The fourth-order valence-corrected chi connectivity index (χ4v) is 6.24. The van der Waals surface area contributed by atoms with E-state index >= 15 is 4.39 Å². The minimum Gasteiger partial charge on any atom is -0.494 e. The Kier molecular flexibility index (Phi) is 7.91. The zero-order chi connectivity index (χ0) is 28.3. The van der Waals surface area contributed by atoms with Crippen LogP contribution in [0, 0.1) is 5.82 Å². The zero-order valence-electron chi connectivity index (χ0n) is 23.8. The Morgan fingerprint density at radius 2 is 1.90 bits per heavy atom. The highest BCUT2D eigenvalue weighted by molar-refractivity contribution is 5.96. The maximum atomic E-state index is 15.8. The fraction of sp³-hybridized carbons (Fsp3) is 0.452. The number of likely N-dealkylation sites (tertiary alicyclic amines) is 1. The van der Waals surface area contributed by atoms with E-state index in [1.807, 2.05) is 30.5 Å². The molecule has 0 bridgehead atoms. The van der Waals surface area contributed by atoms with Crippen molar-refractivity contribution >= 4 is 28.6 Å². The molecule has 0 unspecified atom stereocenters. The summed E-state index contributed by atoms with van der Waals surface area (Å²) in [5.74, 6) is 0.780. The molecule has 3 aliphatic rings. The van der Waals surface area contributed by atoms with Crippen molar-refractivity contribution in [2.24, 2.45) is 0 Å². The van der Waals surface area contributed by atoms with Crippen molar-refractivity contribution in [1.29, 1.82) is 0 Å². The Morgan fingerprint density at radius 3 is 2.66 bits per heavy atom. The molecule has 1 aromatic heterocycles. The van der Waals surface area contributed by atoms with Crippen LogP contribution in [0.2, 0.25) is 0 Å². The minimum absolute atomic E-state index is 0.235. The summed E-state index contributed by atoms with van der Waals surface area (Å²) in [4.78, 5) is 29.4. The number of piperazine rings is 1.